The molecule has 2 heterocycles. The van der Waals surface area contributed by atoms with Crippen LogP contribution < -0.4 is 9.47 Å². The second kappa shape index (κ2) is 10.7. The van der Waals surface area contributed by atoms with Gasteiger partial charge in [-0.1, -0.05) is 0 Å². The number of rotatable bonds is 7. The molecule has 0 spiro atoms. The number of carbonyl (C=O) groups is 1. The van der Waals surface area contributed by atoms with Crippen LogP contribution in [0.2, 0.25) is 0 Å². The van der Waals surface area contributed by atoms with E-state index < -0.39 is 0 Å². The highest BCUT2D eigenvalue weighted by Crippen LogP contribution is 2.17. The average Bonchev–Trinajstić information content (AvgIpc) is 2.72. The number of hydrogen-bond donors (Lipinski definition) is 0. The van der Waals surface area contributed by atoms with Crippen molar-refractivity contribution in [3.05, 3.63) is 54.4 Å². The van der Waals surface area contributed by atoms with Gasteiger partial charge in [0.15, 0.2) is 6.61 Å². The number of ether oxygens (including phenoxy) is 2. The Balaban J connectivity index is 0.00000261. The van der Waals surface area contributed by atoms with Crippen LogP contribution in [0.5, 0.6) is 11.5 Å². The van der Waals surface area contributed by atoms with E-state index in [9.17, 15) is 4.79 Å². The van der Waals surface area contributed by atoms with Gasteiger partial charge in [-0.15, -0.1) is 12.4 Å². The SMILES string of the molecule is COc1ccc(OCC(=O)N2CCN(CCc3ccncc3)CC2)cc1.Cl. The molecule has 0 unspecified atom stereocenters. The van der Waals surface area contributed by atoms with Crippen LogP contribution in [0.25, 0.3) is 0 Å². The Bertz CT molecular complexity index is 689. The summed E-state index contributed by atoms with van der Waals surface area (Å²) in [5, 5.41) is 0. The molecule has 2 aromatic rings. The number of amides is 1. The lowest BCUT2D eigenvalue weighted by Gasteiger charge is -2.34. The van der Waals surface area contributed by atoms with Gasteiger partial charge in [-0.05, 0) is 48.4 Å². The highest BCUT2D eigenvalue weighted by molar-refractivity contribution is 5.85. The van der Waals surface area contributed by atoms with Crippen LogP contribution in [0.1, 0.15) is 5.56 Å². The number of pyridine rings is 1. The van der Waals surface area contributed by atoms with Crippen molar-refractivity contribution >= 4 is 18.3 Å². The maximum absolute atomic E-state index is 12.3. The van der Waals surface area contributed by atoms with Gasteiger partial charge in [0, 0.05) is 45.1 Å². The van der Waals surface area contributed by atoms with Crippen molar-refractivity contribution in [2.45, 2.75) is 6.42 Å². The lowest BCUT2D eigenvalue weighted by Crippen LogP contribution is -2.50. The van der Waals surface area contributed by atoms with Crippen molar-refractivity contribution in [2.24, 2.45) is 0 Å². The summed E-state index contributed by atoms with van der Waals surface area (Å²) in [6.07, 6.45) is 4.67. The smallest absolute Gasteiger partial charge is 0.260 e. The van der Waals surface area contributed by atoms with Gasteiger partial charge in [0.1, 0.15) is 11.5 Å². The van der Waals surface area contributed by atoms with E-state index in [1.54, 1.807) is 7.11 Å². The Morgan fingerprint density at radius 1 is 1.00 bits per heavy atom. The molecule has 1 aliphatic rings. The molecule has 1 aromatic heterocycles. The first-order valence-electron chi connectivity index (χ1n) is 8.90. The first-order valence-corrected chi connectivity index (χ1v) is 8.90. The largest absolute Gasteiger partial charge is 0.497 e. The standard InChI is InChI=1S/C20H25N3O3.ClH/c1-25-18-2-4-19(5-3-18)26-16-20(24)23-14-12-22(13-15-23)11-8-17-6-9-21-10-7-17;/h2-7,9-10H,8,11-16H2,1H3;1H. The highest BCUT2D eigenvalue weighted by atomic mass is 35.5. The number of nitrogens with zero attached hydrogens (tertiary/aromatic N) is 3. The van der Waals surface area contributed by atoms with Gasteiger partial charge in [0.25, 0.3) is 5.91 Å². The Hall–Kier alpha value is -2.31. The minimum atomic E-state index is 0. The Morgan fingerprint density at radius 3 is 2.26 bits per heavy atom. The zero-order chi connectivity index (χ0) is 18.2. The van der Waals surface area contributed by atoms with Crippen molar-refractivity contribution < 1.29 is 14.3 Å². The quantitative estimate of drug-likeness (QED) is 0.724. The lowest BCUT2D eigenvalue weighted by molar-refractivity contribution is -0.135. The Labute approximate surface area is 166 Å². The molecule has 6 nitrogen and oxygen atoms in total. The van der Waals surface area contributed by atoms with E-state index in [0.717, 1.165) is 44.9 Å². The third-order valence-corrected chi connectivity index (χ3v) is 4.61. The second-order valence-electron chi connectivity index (χ2n) is 6.29. The molecular formula is C20H26ClN3O3. The molecule has 1 saturated heterocycles. The second-order valence-corrected chi connectivity index (χ2v) is 6.29. The summed E-state index contributed by atoms with van der Waals surface area (Å²) >= 11 is 0. The number of hydrogen-bond acceptors (Lipinski definition) is 5. The molecule has 0 saturated carbocycles. The molecule has 1 fully saturated rings. The predicted molar refractivity (Wildman–Crippen MR) is 107 cm³/mol. The van der Waals surface area contributed by atoms with Crippen molar-refractivity contribution in [2.75, 3.05) is 46.4 Å². The van der Waals surface area contributed by atoms with Gasteiger partial charge in [0.05, 0.1) is 7.11 Å². The van der Waals surface area contributed by atoms with Crippen LogP contribution in [0.4, 0.5) is 0 Å². The zero-order valence-electron chi connectivity index (χ0n) is 15.5. The molecule has 0 aliphatic carbocycles. The molecule has 0 radical (unpaired) electrons. The van der Waals surface area contributed by atoms with Crippen LogP contribution in [0.15, 0.2) is 48.8 Å². The van der Waals surface area contributed by atoms with E-state index >= 15 is 0 Å². The monoisotopic (exact) mass is 391 g/mol. The van der Waals surface area contributed by atoms with E-state index in [1.807, 2.05) is 41.6 Å². The number of benzene rings is 1. The molecular weight excluding hydrogens is 366 g/mol. The topological polar surface area (TPSA) is 54.9 Å². The van der Waals surface area contributed by atoms with E-state index in [2.05, 4.69) is 22.0 Å². The van der Waals surface area contributed by atoms with Crippen LogP contribution in [-0.2, 0) is 11.2 Å². The van der Waals surface area contributed by atoms with Crippen LogP contribution in [-0.4, -0.2) is 67.1 Å². The zero-order valence-corrected chi connectivity index (χ0v) is 16.4. The molecule has 7 heteroatoms. The fourth-order valence-electron chi connectivity index (χ4n) is 2.97. The van der Waals surface area contributed by atoms with Gasteiger partial charge in [-0.25, -0.2) is 0 Å². The summed E-state index contributed by atoms with van der Waals surface area (Å²) in [5.74, 6) is 1.48. The summed E-state index contributed by atoms with van der Waals surface area (Å²) in [4.78, 5) is 20.7. The molecule has 1 amide bonds. The summed E-state index contributed by atoms with van der Waals surface area (Å²) in [6, 6.07) is 11.4. The first kappa shape index (κ1) is 21.0. The molecule has 3 rings (SSSR count). The number of aromatic nitrogens is 1. The van der Waals surface area contributed by atoms with E-state index in [1.165, 1.54) is 5.56 Å². The fraction of sp³-hybridized carbons (Fsp3) is 0.400. The minimum absolute atomic E-state index is 0. The molecule has 0 atom stereocenters. The molecule has 27 heavy (non-hydrogen) atoms. The van der Waals surface area contributed by atoms with Gasteiger partial charge in [0.2, 0.25) is 0 Å². The van der Waals surface area contributed by atoms with Crippen molar-refractivity contribution in [1.82, 2.24) is 14.8 Å². The van der Waals surface area contributed by atoms with Crippen LogP contribution in [0.3, 0.4) is 0 Å². The summed E-state index contributed by atoms with van der Waals surface area (Å²) in [7, 11) is 1.62. The summed E-state index contributed by atoms with van der Waals surface area (Å²) in [6.45, 7) is 4.39. The number of methoxy groups -OCH3 is 1. The predicted octanol–water partition coefficient (Wildman–Crippen LogP) is 2.28. The number of carbonyl (C=O) groups excluding carboxylic acids is 1. The average molecular weight is 392 g/mol. The van der Waals surface area contributed by atoms with Crippen LogP contribution >= 0.6 is 12.4 Å². The van der Waals surface area contributed by atoms with E-state index in [0.29, 0.717) is 5.75 Å². The van der Waals surface area contributed by atoms with Gasteiger partial charge >= 0.3 is 0 Å². The van der Waals surface area contributed by atoms with Crippen LogP contribution in [0, 0.1) is 0 Å². The minimum Gasteiger partial charge on any atom is -0.497 e. The van der Waals surface area contributed by atoms with Crippen molar-refractivity contribution in [3.8, 4) is 11.5 Å². The third-order valence-electron chi connectivity index (χ3n) is 4.61. The van der Waals surface area contributed by atoms with Crippen molar-refractivity contribution in [3.63, 3.8) is 0 Å². The normalized spacial score (nSPS) is 14.3. The molecule has 146 valence electrons. The van der Waals surface area contributed by atoms with E-state index in [4.69, 9.17) is 9.47 Å². The number of halogens is 1. The van der Waals surface area contributed by atoms with Gasteiger partial charge < -0.3 is 14.4 Å². The maximum Gasteiger partial charge on any atom is 0.260 e. The highest BCUT2D eigenvalue weighted by Gasteiger charge is 2.21. The molecule has 0 bridgehead atoms. The van der Waals surface area contributed by atoms with Crippen molar-refractivity contribution in [1.29, 1.82) is 0 Å². The lowest BCUT2D eigenvalue weighted by atomic mass is 10.2. The first-order chi connectivity index (χ1) is 12.7. The Morgan fingerprint density at radius 2 is 1.63 bits per heavy atom. The third kappa shape index (κ3) is 6.41. The summed E-state index contributed by atoms with van der Waals surface area (Å²) < 4.78 is 10.7. The van der Waals surface area contributed by atoms with Gasteiger partial charge in [-0.2, -0.15) is 0 Å². The maximum atomic E-state index is 12.3. The molecule has 0 N–H and O–H groups in total. The fourth-order valence-corrected chi connectivity index (χ4v) is 2.97. The summed E-state index contributed by atoms with van der Waals surface area (Å²) in [5.41, 5.74) is 1.30. The Kier molecular flexibility index (Phi) is 8.36. The number of piperazine rings is 1. The van der Waals surface area contributed by atoms with Gasteiger partial charge in [-0.3, -0.25) is 14.7 Å². The molecule has 1 aliphatic heterocycles. The molecule has 1 aromatic carbocycles. The van der Waals surface area contributed by atoms with E-state index in [-0.39, 0.29) is 24.9 Å².